The van der Waals surface area contributed by atoms with Gasteiger partial charge in [-0.25, -0.2) is 0 Å². The molecule has 0 saturated carbocycles. The third kappa shape index (κ3) is 4.00. The van der Waals surface area contributed by atoms with E-state index < -0.39 is 17.7 Å². The topological polar surface area (TPSA) is 76.1 Å². The minimum absolute atomic E-state index is 0.0413. The summed E-state index contributed by atoms with van der Waals surface area (Å²) < 4.78 is 11.0. The number of hydrogen-bond donors (Lipinski definition) is 1. The summed E-state index contributed by atoms with van der Waals surface area (Å²) in [5, 5.41) is 13.3. The van der Waals surface area contributed by atoms with Crippen molar-refractivity contribution in [3.63, 3.8) is 0 Å². The molecule has 3 aromatic rings. The summed E-state index contributed by atoms with van der Waals surface area (Å²) in [6, 6.07) is 13.7. The van der Waals surface area contributed by atoms with Gasteiger partial charge in [0, 0.05) is 10.6 Å². The average Bonchev–Trinajstić information content (AvgIpc) is 3.41. The number of Topliss-reactive ketones (excluding diaryl/α,β-unsaturated/α-hetero) is 1. The number of aryl methyl sites for hydroxylation is 2. The van der Waals surface area contributed by atoms with E-state index in [1.807, 2.05) is 44.4 Å². The molecule has 7 heteroatoms. The highest BCUT2D eigenvalue weighted by molar-refractivity contribution is 7.10. The second-order valence-corrected chi connectivity index (χ2v) is 8.75. The van der Waals surface area contributed by atoms with Crippen LogP contribution in [0.5, 0.6) is 11.5 Å². The summed E-state index contributed by atoms with van der Waals surface area (Å²) in [4.78, 5) is 28.7. The summed E-state index contributed by atoms with van der Waals surface area (Å²) in [6.45, 7) is 6.19. The summed E-state index contributed by atoms with van der Waals surface area (Å²) in [5.74, 6) is -0.534. The molecule has 6 nitrogen and oxygen atoms in total. The minimum atomic E-state index is -0.756. The van der Waals surface area contributed by atoms with E-state index in [-0.39, 0.29) is 11.3 Å². The molecule has 1 atom stereocenters. The number of benzene rings is 2. The molecule has 0 bridgehead atoms. The molecule has 0 radical (unpaired) electrons. The summed E-state index contributed by atoms with van der Waals surface area (Å²) >= 11 is 1.42. The van der Waals surface area contributed by atoms with Gasteiger partial charge >= 0.3 is 0 Å². The van der Waals surface area contributed by atoms with Crippen LogP contribution in [0.2, 0.25) is 0 Å². The summed E-state index contributed by atoms with van der Waals surface area (Å²) in [7, 11) is 1.52. The Morgan fingerprint density at radius 3 is 2.45 bits per heavy atom. The molecule has 1 aromatic heterocycles. The molecule has 33 heavy (non-hydrogen) atoms. The lowest BCUT2D eigenvalue weighted by atomic mass is 9.96. The van der Waals surface area contributed by atoms with Gasteiger partial charge in [0.15, 0.2) is 0 Å². The molecule has 1 aliphatic rings. The molecule has 170 valence electrons. The van der Waals surface area contributed by atoms with Crippen molar-refractivity contribution in [3.8, 4) is 11.5 Å². The Morgan fingerprint density at radius 2 is 1.85 bits per heavy atom. The van der Waals surface area contributed by atoms with Crippen LogP contribution in [0, 0.1) is 13.8 Å². The Kier molecular flexibility index (Phi) is 6.24. The number of amides is 1. The van der Waals surface area contributed by atoms with E-state index in [2.05, 4.69) is 0 Å². The standard InChI is InChI=1S/C26H25NO5S/c1-5-32-18-10-8-17(9-11-18)27-22(20-7-6-12-33-20)21(24(29)26(27)30)23(28)19-14-15(2)13-16(3)25(19)31-4/h6-14,22,28H,5H2,1-4H3/b23-21-. The van der Waals surface area contributed by atoms with Crippen molar-refractivity contribution in [1.82, 2.24) is 0 Å². The van der Waals surface area contributed by atoms with Gasteiger partial charge in [-0.2, -0.15) is 0 Å². The lowest BCUT2D eigenvalue weighted by Crippen LogP contribution is -2.29. The van der Waals surface area contributed by atoms with E-state index >= 15 is 0 Å². The highest BCUT2D eigenvalue weighted by atomic mass is 32.1. The van der Waals surface area contributed by atoms with E-state index in [1.54, 1.807) is 30.3 Å². The van der Waals surface area contributed by atoms with Gasteiger partial charge in [-0.3, -0.25) is 14.5 Å². The van der Waals surface area contributed by atoms with Crippen LogP contribution in [0.3, 0.4) is 0 Å². The first-order valence-electron chi connectivity index (χ1n) is 10.6. The predicted molar refractivity (Wildman–Crippen MR) is 129 cm³/mol. The maximum absolute atomic E-state index is 13.3. The van der Waals surface area contributed by atoms with Crippen molar-refractivity contribution in [2.45, 2.75) is 26.8 Å². The normalized spacial score (nSPS) is 17.5. The zero-order valence-corrected chi connectivity index (χ0v) is 19.7. The van der Waals surface area contributed by atoms with Crippen molar-refractivity contribution in [3.05, 3.63) is 81.1 Å². The van der Waals surface area contributed by atoms with Crippen LogP contribution in [-0.4, -0.2) is 30.5 Å². The number of ether oxygens (including phenoxy) is 2. The van der Waals surface area contributed by atoms with Gasteiger partial charge in [0.2, 0.25) is 0 Å². The van der Waals surface area contributed by atoms with Crippen molar-refractivity contribution >= 4 is 34.5 Å². The molecule has 1 saturated heterocycles. The zero-order valence-electron chi connectivity index (χ0n) is 18.9. The number of carbonyl (C=O) groups is 2. The van der Waals surface area contributed by atoms with Crippen LogP contribution in [0.15, 0.2) is 59.5 Å². The number of anilines is 1. The van der Waals surface area contributed by atoms with E-state index in [0.29, 0.717) is 29.4 Å². The summed E-state index contributed by atoms with van der Waals surface area (Å²) in [6.07, 6.45) is 0. The Morgan fingerprint density at radius 1 is 1.12 bits per heavy atom. The van der Waals surface area contributed by atoms with Crippen LogP contribution in [0.4, 0.5) is 5.69 Å². The van der Waals surface area contributed by atoms with Gasteiger partial charge < -0.3 is 14.6 Å². The Bertz CT molecular complexity index is 1230. The quantitative estimate of drug-likeness (QED) is 0.301. The third-order valence-corrected chi connectivity index (χ3v) is 6.49. The van der Waals surface area contributed by atoms with Gasteiger partial charge in [0.05, 0.1) is 24.9 Å². The summed E-state index contributed by atoms with van der Waals surface area (Å²) in [5.41, 5.74) is 2.71. The molecular formula is C26H25NO5S. The van der Waals surface area contributed by atoms with Crippen molar-refractivity contribution in [2.75, 3.05) is 18.6 Å². The molecule has 2 aromatic carbocycles. The number of thiophene rings is 1. The number of carbonyl (C=O) groups excluding carboxylic acids is 2. The third-order valence-electron chi connectivity index (χ3n) is 5.56. The molecule has 1 amide bonds. The van der Waals surface area contributed by atoms with Gasteiger partial charge in [-0.15, -0.1) is 11.3 Å². The maximum Gasteiger partial charge on any atom is 0.300 e. The Hall–Kier alpha value is -3.58. The molecule has 1 N–H and O–H groups in total. The van der Waals surface area contributed by atoms with Crippen LogP contribution >= 0.6 is 11.3 Å². The first-order valence-corrected chi connectivity index (χ1v) is 11.5. The highest BCUT2D eigenvalue weighted by Gasteiger charge is 2.47. The SMILES string of the molecule is CCOc1ccc(N2C(=O)C(=O)/C(=C(\O)c3cc(C)cc(C)c3OC)C2c2cccs2)cc1. The smallest absolute Gasteiger partial charge is 0.300 e. The number of methoxy groups -OCH3 is 1. The fourth-order valence-corrected chi connectivity index (χ4v) is 5.05. The Balaban J connectivity index is 1.92. The van der Waals surface area contributed by atoms with Crippen LogP contribution in [0.1, 0.15) is 34.5 Å². The fourth-order valence-electron chi connectivity index (χ4n) is 4.23. The number of nitrogens with zero attached hydrogens (tertiary/aromatic N) is 1. The highest BCUT2D eigenvalue weighted by Crippen LogP contribution is 2.45. The second-order valence-electron chi connectivity index (χ2n) is 7.77. The van der Waals surface area contributed by atoms with Crippen molar-refractivity contribution in [1.29, 1.82) is 0 Å². The lowest BCUT2D eigenvalue weighted by molar-refractivity contribution is -0.132. The average molecular weight is 464 g/mol. The monoisotopic (exact) mass is 463 g/mol. The first kappa shape index (κ1) is 22.6. The van der Waals surface area contributed by atoms with Crippen LogP contribution < -0.4 is 14.4 Å². The largest absolute Gasteiger partial charge is 0.507 e. The maximum atomic E-state index is 13.3. The van der Waals surface area contributed by atoms with Gasteiger partial charge in [0.1, 0.15) is 23.3 Å². The molecule has 1 fully saturated rings. The predicted octanol–water partition coefficient (Wildman–Crippen LogP) is 5.40. The second kappa shape index (κ2) is 9.11. The molecule has 1 unspecified atom stereocenters. The Labute approximate surface area is 196 Å². The van der Waals surface area contributed by atoms with Gasteiger partial charge in [0.25, 0.3) is 11.7 Å². The number of rotatable bonds is 6. The van der Waals surface area contributed by atoms with Crippen molar-refractivity contribution in [2.24, 2.45) is 0 Å². The van der Waals surface area contributed by atoms with Gasteiger partial charge in [-0.05, 0) is 73.7 Å². The molecule has 1 aliphatic heterocycles. The van der Waals surface area contributed by atoms with Crippen molar-refractivity contribution < 1.29 is 24.2 Å². The molecule has 2 heterocycles. The lowest BCUT2D eigenvalue weighted by Gasteiger charge is -2.24. The van der Waals surface area contributed by atoms with Gasteiger partial charge in [-0.1, -0.05) is 12.1 Å². The molecule has 4 rings (SSSR count). The fraction of sp³-hybridized carbons (Fsp3) is 0.231. The minimum Gasteiger partial charge on any atom is -0.507 e. The number of aliphatic hydroxyl groups excluding tert-OH is 1. The first-order chi connectivity index (χ1) is 15.9. The van der Waals surface area contributed by atoms with E-state index in [9.17, 15) is 14.7 Å². The van der Waals surface area contributed by atoms with E-state index in [0.717, 1.165) is 16.0 Å². The number of ketones is 1. The number of hydrogen-bond acceptors (Lipinski definition) is 6. The zero-order chi connectivity index (χ0) is 23.7. The number of aliphatic hydroxyl groups is 1. The molecule has 0 aliphatic carbocycles. The molecule has 0 spiro atoms. The van der Waals surface area contributed by atoms with E-state index in [4.69, 9.17) is 9.47 Å². The van der Waals surface area contributed by atoms with E-state index in [1.165, 1.54) is 23.3 Å². The van der Waals surface area contributed by atoms with Crippen LogP contribution in [-0.2, 0) is 9.59 Å². The molecular weight excluding hydrogens is 438 g/mol. The van der Waals surface area contributed by atoms with Crippen LogP contribution in [0.25, 0.3) is 5.76 Å².